The highest BCUT2D eigenvalue weighted by atomic mass is 19.3. The lowest BCUT2D eigenvalue weighted by atomic mass is 10.1. The molecule has 0 aromatic heterocycles. The van der Waals surface area contributed by atoms with E-state index in [0.717, 1.165) is 12.1 Å². The molecule has 0 saturated carbocycles. The summed E-state index contributed by atoms with van der Waals surface area (Å²) in [5, 5.41) is 10.3. The van der Waals surface area contributed by atoms with Crippen LogP contribution in [0.1, 0.15) is 10.4 Å². The number of alkyl halides is 2. The van der Waals surface area contributed by atoms with E-state index in [1.54, 1.807) is 5.32 Å². The molecule has 7 heteroatoms. The first-order chi connectivity index (χ1) is 7.41. The largest absolute Gasteiger partial charge is 0.478 e. The number of benzene rings is 1. The van der Waals surface area contributed by atoms with Crippen molar-refractivity contribution in [3.8, 4) is 0 Å². The van der Waals surface area contributed by atoms with E-state index in [2.05, 4.69) is 0 Å². The zero-order chi connectivity index (χ0) is 12.3. The molecule has 16 heavy (non-hydrogen) atoms. The summed E-state index contributed by atoms with van der Waals surface area (Å²) in [6.07, 6.45) is -3.30. The van der Waals surface area contributed by atoms with Crippen LogP contribution in [0.25, 0.3) is 0 Å². The molecule has 1 aromatic rings. The van der Waals surface area contributed by atoms with Crippen LogP contribution in [0.15, 0.2) is 18.2 Å². The zero-order valence-corrected chi connectivity index (χ0v) is 7.71. The number of aromatic carboxylic acids is 1. The first kappa shape index (κ1) is 12.0. The van der Waals surface area contributed by atoms with E-state index < -0.39 is 35.4 Å². The molecular formula is C9H6F3NO3. The second-order valence-electron chi connectivity index (χ2n) is 2.79. The predicted octanol–water partition coefficient (Wildman–Crippen LogP) is 1.73. The molecule has 1 amide bonds. The highest BCUT2D eigenvalue weighted by molar-refractivity contribution is 6.01. The molecule has 0 aliphatic rings. The van der Waals surface area contributed by atoms with Crippen molar-refractivity contribution in [2.24, 2.45) is 0 Å². The van der Waals surface area contributed by atoms with Gasteiger partial charge in [-0.3, -0.25) is 4.79 Å². The Kier molecular flexibility index (Phi) is 3.49. The van der Waals surface area contributed by atoms with Crippen LogP contribution in [0.3, 0.4) is 0 Å². The maximum atomic E-state index is 12.7. The Bertz CT molecular complexity index is 434. The van der Waals surface area contributed by atoms with Gasteiger partial charge < -0.3 is 10.4 Å². The molecule has 0 fully saturated rings. The third kappa shape index (κ3) is 2.72. The minimum absolute atomic E-state index is 0.463. The van der Waals surface area contributed by atoms with Crippen LogP contribution in [-0.4, -0.2) is 23.4 Å². The number of rotatable bonds is 3. The molecule has 0 aliphatic heterocycles. The van der Waals surface area contributed by atoms with Gasteiger partial charge in [0.1, 0.15) is 5.82 Å². The Hall–Kier alpha value is -2.05. The molecule has 1 aromatic carbocycles. The fourth-order valence-corrected chi connectivity index (χ4v) is 0.994. The van der Waals surface area contributed by atoms with E-state index in [-0.39, 0.29) is 0 Å². The van der Waals surface area contributed by atoms with Gasteiger partial charge in [-0.25, -0.2) is 9.18 Å². The quantitative estimate of drug-likeness (QED) is 0.835. The van der Waals surface area contributed by atoms with Gasteiger partial charge in [0.05, 0.1) is 11.3 Å². The Morgan fingerprint density at radius 2 is 1.94 bits per heavy atom. The number of halogens is 3. The summed E-state index contributed by atoms with van der Waals surface area (Å²) in [4.78, 5) is 21.2. The van der Waals surface area contributed by atoms with Gasteiger partial charge in [-0.05, 0) is 18.2 Å². The Labute approximate surface area is 87.7 Å². The van der Waals surface area contributed by atoms with E-state index in [1.165, 1.54) is 0 Å². The fraction of sp³-hybridized carbons (Fsp3) is 0.111. The number of hydrogen-bond donors (Lipinski definition) is 2. The maximum absolute atomic E-state index is 12.7. The Balaban J connectivity index is 3.06. The molecule has 0 unspecified atom stereocenters. The summed E-state index contributed by atoms with van der Waals surface area (Å²) in [5.41, 5.74) is -0.965. The third-order valence-corrected chi connectivity index (χ3v) is 1.67. The molecule has 1 rings (SSSR count). The normalized spacial score (nSPS) is 10.2. The lowest BCUT2D eigenvalue weighted by Gasteiger charge is -2.07. The maximum Gasteiger partial charge on any atom is 0.337 e. The average molecular weight is 233 g/mol. The molecule has 0 bridgehead atoms. The Morgan fingerprint density at radius 1 is 1.31 bits per heavy atom. The molecule has 0 heterocycles. The van der Waals surface area contributed by atoms with Gasteiger partial charge in [0.25, 0.3) is 5.91 Å². The molecular weight excluding hydrogens is 227 g/mol. The van der Waals surface area contributed by atoms with Gasteiger partial charge in [0.2, 0.25) is 0 Å². The fourth-order valence-electron chi connectivity index (χ4n) is 0.994. The van der Waals surface area contributed by atoms with E-state index in [0.29, 0.717) is 6.07 Å². The van der Waals surface area contributed by atoms with Crippen LogP contribution in [0.2, 0.25) is 0 Å². The first-order valence-corrected chi connectivity index (χ1v) is 4.03. The summed E-state index contributed by atoms with van der Waals surface area (Å²) in [5.74, 6) is -3.98. The SMILES string of the molecule is O=C(O)c1ccc(F)cc1NC(=O)C(F)F. The second kappa shape index (κ2) is 4.65. The van der Waals surface area contributed by atoms with Gasteiger partial charge >= 0.3 is 12.4 Å². The van der Waals surface area contributed by atoms with Crippen molar-refractivity contribution in [3.63, 3.8) is 0 Å². The van der Waals surface area contributed by atoms with E-state index >= 15 is 0 Å². The number of carbonyl (C=O) groups excluding carboxylic acids is 1. The summed E-state index contributed by atoms with van der Waals surface area (Å²) < 4.78 is 36.5. The van der Waals surface area contributed by atoms with Crippen molar-refractivity contribution < 1.29 is 27.9 Å². The van der Waals surface area contributed by atoms with Crippen molar-refractivity contribution >= 4 is 17.6 Å². The van der Waals surface area contributed by atoms with Crippen molar-refractivity contribution in [3.05, 3.63) is 29.6 Å². The monoisotopic (exact) mass is 233 g/mol. The number of carbonyl (C=O) groups is 2. The minimum atomic E-state index is -3.30. The standard InChI is InChI=1S/C9H6F3NO3/c10-4-1-2-5(9(15)16)6(3-4)13-8(14)7(11)12/h1-3,7H,(H,13,14)(H,15,16). The lowest BCUT2D eigenvalue weighted by molar-refractivity contribution is -0.126. The van der Waals surface area contributed by atoms with Crippen LogP contribution < -0.4 is 5.32 Å². The molecule has 0 saturated heterocycles. The third-order valence-electron chi connectivity index (χ3n) is 1.67. The van der Waals surface area contributed by atoms with Crippen molar-refractivity contribution in [2.75, 3.05) is 5.32 Å². The smallest absolute Gasteiger partial charge is 0.337 e. The van der Waals surface area contributed by atoms with Gasteiger partial charge in [-0.1, -0.05) is 0 Å². The van der Waals surface area contributed by atoms with Crippen LogP contribution in [0.4, 0.5) is 18.9 Å². The zero-order valence-electron chi connectivity index (χ0n) is 7.71. The van der Waals surface area contributed by atoms with Gasteiger partial charge in [-0.2, -0.15) is 8.78 Å². The minimum Gasteiger partial charge on any atom is -0.478 e. The molecule has 0 aliphatic carbocycles. The summed E-state index contributed by atoms with van der Waals surface area (Å²) in [6, 6.07) is 2.38. The molecule has 86 valence electrons. The highest BCUT2D eigenvalue weighted by Gasteiger charge is 2.19. The van der Waals surface area contributed by atoms with Crippen LogP contribution in [0.5, 0.6) is 0 Å². The number of anilines is 1. The van der Waals surface area contributed by atoms with Crippen molar-refractivity contribution in [1.82, 2.24) is 0 Å². The van der Waals surface area contributed by atoms with Crippen LogP contribution in [-0.2, 0) is 4.79 Å². The van der Waals surface area contributed by atoms with Crippen molar-refractivity contribution in [1.29, 1.82) is 0 Å². The molecule has 2 N–H and O–H groups in total. The summed E-state index contributed by atoms with van der Waals surface area (Å²) >= 11 is 0. The van der Waals surface area contributed by atoms with Gasteiger partial charge in [0.15, 0.2) is 0 Å². The van der Waals surface area contributed by atoms with E-state index in [9.17, 15) is 22.8 Å². The van der Waals surface area contributed by atoms with Gasteiger partial charge in [0, 0.05) is 0 Å². The molecule has 0 radical (unpaired) electrons. The summed E-state index contributed by atoms with van der Waals surface area (Å²) in [7, 11) is 0. The number of hydrogen-bond acceptors (Lipinski definition) is 2. The lowest BCUT2D eigenvalue weighted by Crippen LogP contribution is -2.21. The van der Waals surface area contributed by atoms with E-state index in [1.807, 2.05) is 0 Å². The van der Waals surface area contributed by atoms with E-state index in [4.69, 9.17) is 5.11 Å². The second-order valence-corrected chi connectivity index (χ2v) is 2.79. The summed E-state index contributed by atoms with van der Waals surface area (Å²) in [6.45, 7) is 0. The molecule has 0 spiro atoms. The van der Waals surface area contributed by atoms with Crippen LogP contribution in [0, 0.1) is 5.82 Å². The number of nitrogens with one attached hydrogen (secondary N) is 1. The Morgan fingerprint density at radius 3 is 2.44 bits per heavy atom. The molecule has 0 atom stereocenters. The first-order valence-electron chi connectivity index (χ1n) is 4.03. The van der Waals surface area contributed by atoms with Crippen LogP contribution >= 0.6 is 0 Å². The predicted molar refractivity (Wildman–Crippen MR) is 48.0 cm³/mol. The number of carboxylic acid groups (broad SMARTS) is 1. The highest BCUT2D eigenvalue weighted by Crippen LogP contribution is 2.17. The van der Waals surface area contributed by atoms with Crippen molar-refractivity contribution in [2.45, 2.75) is 6.43 Å². The topological polar surface area (TPSA) is 66.4 Å². The van der Waals surface area contributed by atoms with Gasteiger partial charge in [-0.15, -0.1) is 0 Å². The molecule has 4 nitrogen and oxygen atoms in total. The number of carboxylic acids is 1. The average Bonchev–Trinajstić information content (AvgIpc) is 2.16. The number of amides is 1.